The minimum absolute atomic E-state index is 0.0994. The molecule has 2 unspecified atom stereocenters. The molecule has 2 heteroatoms. The first-order valence-corrected chi connectivity index (χ1v) is 6.95. The van der Waals surface area contributed by atoms with Crippen LogP contribution in [-0.2, 0) is 12.8 Å². The Hall–Kier alpha value is -1.67. The maximum Gasteiger partial charge on any atom is 0.0419 e. The lowest BCUT2D eigenvalue weighted by molar-refractivity contribution is 0.558. The van der Waals surface area contributed by atoms with Gasteiger partial charge in [-0.2, -0.15) is 0 Å². The van der Waals surface area contributed by atoms with Crippen molar-refractivity contribution < 1.29 is 0 Å². The smallest absolute Gasteiger partial charge is 0.0419 e. The quantitative estimate of drug-likeness (QED) is 0.889. The first-order chi connectivity index (χ1) is 9.20. The summed E-state index contributed by atoms with van der Waals surface area (Å²) < 4.78 is 0. The number of aryl methyl sites for hydroxylation is 1. The number of benzene rings is 1. The summed E-state index contributed by atoms with van der Waals surface area (Å²) in [5.41, 5.74) is 9.95. The molecular weight excluding hydrogens is 232 g/mol. The van der Waals surface area contributed by atoms with Crippen LogP contribution in [-0.4, -0.2) is 11.0 Å². The van der Waals surface area contributed by atoms with Crippen LogP contribution in [0.15, 0.2) is 48.7 Å². The van der Waals surface area contributed by atoms with Crippen molar-refractivity contribution in [1.29, 1.82) is 0 Å². The van der Waals surface area contributed by atoms with Gasteiger partial charge in [-0.05, 0) is 29.5 Å². The minimum atomic E-state index is 0.0994. The van der Waals surface area contributed by atoms with E-state index in [4.69, 9.17) is 5.73 Å². The Morgan fingerprint density at radius 3 is 2.42 bits per heavy atom. The molecule has 0 saturated carbocycles. The number of hydrogen-bond acceptors (Lipinski definition) is 2. The summed E-state index contributed by atoms with van der Waals surface area (Å²) in [4.78, 5) is 4.49. The van der Waals surface area contributed by atoms with Crippen molar-refractivity contribution in [2.45, 2.75) is 38.6 Å². The molecule has 2 atom stereocenters. The molecule has 2 aromatic rings. The molecule has 0 aliphatic rings. The molecule has 19 heavy (non-hydrogen) atoms. The van der Waals surface area contributed by atoms with E-state index in [-0.39, 0.29) is 6.04 Å². The van der Waals surface area contributed by atoms with Crippen LogP contribution in [0.25, 0.3) is 0 Å². The van der Waals surface area contributed by atoms with Gasteiger partial charge in [-0.15, -0.1) is 0 Å². The van der Waals surface area contributed by atoms with Crippen LogP contribution in [0.1, 0.15) is 36.6 Å². The molecule has 0 radical (unpaired) electrons. The Morgan fingerprint density at radius 2 is 1.84 bits per heavy atom. The molecule has 0 saturated heterocycles. The molecule has 0 aliphatic heterocycles. The lowest BCUT2D eigenvalue weighted by atomic mass is 9.91. The highest BCUT2D eigenvalue weighted by atomic mass is 14.7. The zero-order chi connectivity index (χ0) is 13.7. The summed E-state index contributed by atoms with van der Waals surface area (Å²) in [6, 6.07) is 14.8. The second-order valence-electron chi connectivity index (χ2n) is 5.08. The summed E-state index contributed by atoms with van der Waals surface area (Å²) in [6.07, 6.45) is 3.80. The molecule has 100 valence electrons. The highest BCUT2D eigenvalue weighted by molar-refractivity contribution is 5.22. The van der Waals surface area contributed by atoms with Gasteiger partial charge >= 0.3 is 0 Å². The lowest BCUT2D eigenvalue weighted by Gasteiger charge is -2.20. The number of hydrogen-bond donors (Lipinski definition) is 1. The number of aromatic nitrogens is 1. The van der Waals surface area contributed by atoms with Gasteiger partial charge in [-0.1, -0.05) is 50.2 Å². The van der Waals surface area contributed by atoms with Crippen LogP contribution < -0.4 is 5.73 Å². The summed E-state index contributed by atoms with van der Waals surface area (Å²) in [6.45, 7) is 4.32. The Kier molecular flexibility index (Phi) is 4.69. The standard InChI is InChI=1S/C17H22N2/c1-3-14-9-10-16(19-12-14)11-17(18)13(2)15-7-5-4-6-8-15/h4-10,12-13,17H,3,11,18H2,1-2H3. The highest BCUT2D eigenvalue weighted by Crippen LogP contribution is 2.19. The Morgan fingerprint density at radius 1 is 1.11 bits per heavy atom. The summed E-state index contributed by atoms with van der Waals surface area (Å²) in [5.74, 6) is 0.342. The van der Waals surface area contributed by atoms with E-state index in [0.29, 0.717) is 5.92 Å². The fourth-order valence-electron chi connectivity index (χ4n) is 2.21. The van der Waals surface area contributed by atoms with E-state index in [9.17, 15) is 0 Å². The second-order valence-corrected chi connectivity index (χ2v) is 5.08. The predicted octanol–water partition coefficient (Wildman–Crippen LogP) is 3.32. The molecule has 0 amide bonds. The van der Waals surface area contributed by atoms with E-state index in [1.165, 1.54) is 11.1 Å². The molecule has 2 nitrogen and oxygen atoms in total. The zero-order valence-electron chi connectivity index (χ0n) is 11.7. The topological polar surface area (TPSA) is 38.9 Å². The molecule has 0 bridgehead atoms. The fraction of sp³-hybridized carbons (Fsp3) is 0.353. The van der Waals surface area contributed by atoms with Crippen LogP contribution >= 0.6 is 0 Å². The molecule has 1 heterocycles. The monoisotopic (exact) mass is 254 g/mol. The van der Waals surface area contributed by atoms with Gasteiger partial charge in [-0.3, -0.25) is 4.98 Å². The number of rotatable bonds is 5. The third-order valence-corrected chi connectivity index (χ3v) is 3.71. The second kappa shape index (κ2) is 6.48. The average Bonchev–Trinajstić information content (AvgIpc) is 2.48. The van der Waals surface area contributed by atoms with Gasteiger partial charge in [0, 0.05) is 24.4 Å². The van der Waals surface area contributed by atoms with Gasteiger partial charge < -0.3 is 5.73 Å². The molecular formula is C17H22N2. The number of nitrogens with two attached hydrogens (primary N) is 1. The Bertz CT molecular complexity index is 490. The zero-order valence-corrected chi connectivity index (χ0v) is 11.7. The molecule has 2 N–H and O–H groups in total. The van der Waals surface area contributed by atoms with Gasteiger partial charge in [0.15, 0.2) is 0 Å². The highest BCUT2D eigenvalue weighted by Gasteiger charge is 2.15. The number of nitrogens with zero attached hydrogens (tertiary/aromatic N) is 1. The number of pyridine rings is 1. The Labute approximate surface area is 115 Å². The molecule has 0 aliphatic carbocycles. The minimum Gasteiger partial charge on any atom is -0.327 e. The maximum atomic E-state index is 6.31. The Balaban J connectivity index is 2.01. The van der Waals surface area contributed by atoms with Crippen LogP contribution in [0.5, 0.6) is 0 Å². The van der Waals surface area contributed by atoms with Crippen molar-refractivity contribution in [3.05, 3.63) is 65.5 Å². The SMILES string of the molecule is CCc1ccc(CC(N)C(C)c2ccccc2)nc1. The first kappa shape index (κ1) is 13.8. The maximum absolute atomic E-state index is 6.31. The molecule has 0 spiro atoms. The summed E-state index contributed by atoms with van der Waals surface area (Å²) >= 11 is 0. The van der Waals surface area contributed by atoms with Gasteiger partial charge in [0.05, 0.1) is 0 Å². The fourth-order valence-corrected chi connectivity index (χ4v) is 2.21. The van der Waals surface area contributed by atoms with Gasteiger partial charge in [0.25, 0.3) is 0 Å². The van der Waals surface area contributed by atoms with Crippen molar-refractivity contribution >= 4 is 0 Å². The van der Waals surface area contributed by atoms with E-state index in [1.807, 2.05) is 12.3 Å². The normalized spacial score (nSPS) is 14.1. The van der Waals surface area contributed by atoms with Crippen LogP contribution in [0, 0.1) is 0 Å². The average molecular weight is 254 g/mol. The third kappa shape index (κ3) is 3.65. The molecule has 1 aromatic carbocycles. The molecule has 2 rings (SSSR count). The molecule has 0 fully saturated rings. The van der Waals surface area contributed by atoms with Crippen LogP contribution in [0.4, 0.5) is 0 Å². The van der Waals surface area contributed by atoms with Crippen LogP contribution in [0.2, 0.25) is 0 Å². The lowest BCUT2D eigenvalue weighted by Crippen LogP contribution is -2.29. The van der Waals surface area contributed by atoms with E-state index in [2.05, 4.69) is 55.2 Å². The van der Waals surface area contributed by atoms with Gasteiger partial charge in [0.2, 0.25) is 0 Å². The van der Waals surface area contributed by atoms with Crippen LogP contribution in [0.3, 0.4) is 0 Å². The van der Waals surface area contributed by atoms with Crippen molar-refractivity contribution in [2.24, 2.45) is 5.73 Å². The molecule has 1 aromatic heterocycles. The van der Waals surface area contributed by atoms with E-state index >= 15 is 0 Å². The van der Waals surface area contributed by atoms with Crippen molar-refractivity contribution in [3.8, 4) is 0 Å². The van der Waals surface area contributed by atoms with Crippen molar-refractivity contribution in [1.82, 2.24) is 4.98 Å². The summed E-state index contributed by atoms with van der Waals surface area (Å²) in [5, 5.41) is 0. The van der Waals surface area contributed by atoms with Crippen molar-refractivity contribution in [2.75, 3.05) is 0 Å². The van der Waals surface area contributed by atoms with E-state index in [1.54, 1.807) is 0 Å². The largest absolute Gasteiger partial charge is 0.327 e. The predicted molar refractivity (Wildman–Crippen MR) is 80.2 cm³/mol. The van der Waals surface area contributed by atoms with Gasteiger partial charge in [-0.25, -0.2) is 0 Å². The van der Waals surface area contributed by atoms with E-state index < -0.39 is 0 Å². The van der Waals surface area contributed by atoms with Gasteiger partial charge in [0.1, 0.15) is 0 Å². The summed E-state index contributed by atoms with van der Waals surface area (Å²) in [7, 11) is 0. The third-order valence-electron chi connectivity index (χ3n) is 3.71. The first-order valence-electron chi connectivity index (χ1n) is 6.95. The van der Waals surface area contributed by atoms with Crippen molar-refractivity contribution in [3.63, 3.8) is 0 Å². The van der Waals surface area contributed by atoms with E-state index in [0.717, 1.165) is 18.5 Å².